The Bertz CT molecular complexity index is 371. The molecule has 82 valence electrons. The summed E-state index contributed by atoms with van der Waals surface area (Å²) >= 11 is 5.65. The summed E-state index contributed by atoms with van der Waals surface area (Å²) in [7, 11) is 0. The first-order valence-corrected chi connectivity index (χ1v) is 4.96. The number of alkyl halides is 3. The van der Waals surface area contributed by atoms with Gasteiger partial charge in [0, 0.05) is 11.1 Å². The SMILES string of the molecule is FC(F)(F)c1cc(Cl)cc([C@@H]2CCN2)c1. The number of hydrogen-bond acceptors (Lipinski definition) is 1. The Kier molecular flexibility index (Phi) is 2.64. The van der Waals surface area contributed by atoms with E-state index in [1.54, 1.807) is 6.07 Å². The molecule has 0 aliphatic carbocycles. The molecule has 1 N–H and O–H groups in total. The van der Waals surface area contributed by atoms with Crippen LogP contribution in [0.5, 0.6) is 0 Å². The van der Waals surface area contributed by atoms with Gasteiger partial charge in [-0.05, 0) is 36.7 Å². The standard InChI is InChI=1S/C10H9ClF3N/c11-8-4-6(9-1-2-15-9)3-7(5-8)10(12,13)14/h3-5,9,15H,1-2H2/t9-/m0/s1. The minimum Gasteiger partial charge on any atom is -0.310 e. The van der Waals surface area contributed by atoms with Crippen molar-refractivity contribution in [3.05, 3.63) is 34.3 Å². The van der Waals surface area contributed by atoms with E-state index < -0.39 is 11.7 Å². The molecule has 1 aromatic carbocycles. The predicted molar refractivity (Wildman–Crippen MR) is 51.8 cm³/mol. The van der Waals surface area contributed by atoms with Crippen LogP contribution >= 0.6 is 11.6 Å². The van der Waals surface area contributed by atoms with Gasteiger partial charge in [0.05, 0.1) is 5.56 Å². The van der Waals surface area contributed by atoms with Crippen LogP contribution in [0.15, 0.2) is 18.2 Å². The molecular weight excluding hydrogens is 227 g/mol. The van der Waals surface area contributed by atoms with Crippen LogP contribution in [-0.4, -0.2) is 6.54 Å². The first-order valence-electron chi connectivity index (χ1n) is 4.58. The van der Waals surface area contributed by atoms with E-state index >= 15 is 0 Å². The van der Waals surface area contributed by atoms with E-state index in [0.29, 0.717) is 5.56 Å². The van der Waals surface area contributed by atoms with E-state index in [2.05, 4.69) is 5.32 Å². The maximum atomic E-state index is 12.5. The van der Waals surface area contributed by atoms with Crippen molar-refractivity contribution in [1.82, 2.24) is 5.32 Å². The number of hydrogen-bond donors (Lipinski definition) is 1. The Morgan fingerprint density at radius 1 is 1.27 bits per heavy atom. The lowest BCUT2D eigenvalue weighted by Crippen LogP contribution is -2.35. The molecule has 0 spiro atoms. The Morgan fingerprint density at radius 3 is 2.40 bits per heavy atom. The van der Waals surface area contributed by atoms with E-state index in [0.717, 1.165) is 25.1 Å². The van der Waals surface area contributed by atoms with Crippen molar-refractivity contribution in [3.8, 4) is 0 Å². The van der Waals surface area contributed by atoms with Crippen LogP contribution in [0, 0.1) is 0 Å². The Hall–Kier alpha value is -0.740. The fourth-order valence-electron chi connectivity index (χ4n) is 1.55. The topological polar surface area (TPSA) is 12.0 Å². The van der Waals surface area contributed by atoms with Crippen LogP contribution in [0.1, 0.15) is 23.6 Å². The van der Waals surface area contributed by atoms with Crippen LogP contribution in [0.4, 0.5) is 13.2 Å². The van der Waals surface area contributed by atoms with Gasteiger partial charge < -0.3 is 5.32 Å². The van der Waals surface area contributed by atoms with Gasteiger partial charge in [-0.2, -0.15) is 13.2 Å². The third-order valence-electron chi connectivity index (χ3n) is 2.47. The average Bonchev–Trinajstić information content (AvgIpc) is 1.97. The lowest BCUT2D eigenvalue weighted by molar-refractivity contribution is -0.137. The maximum Gasteiger partial charge on any atom is 0.416 e. The highest BCUT2D eigenvalue weighted by molar-refractivity contribution is 6.30. The molecule has 1 aromatic rings. The molecule has 5 heteroatoms. The van der Waals surface area contributed by atoms with Gasteiger partial charge in [0.25, 0.3) is 0 Å². The third kappa shape index (κ3) is 2.26. The summed E-state index contributed by atoms with van der Waals surface area (Å²) in [5.74, 6) is 0. The molecule has 1 fully saturated rings. The van der Waals surface area contributed by atoms with Gasteiger partial charge in [-0.25, -0.2) is 0 Å². The Morgan fingerprint density at radius 2 is 1.93 bits per heavy atom. The quantitative estimate of drug-likeness (QED) is 0.787. The Balaban J connectivity index is 2.36. The minimum absolute atomic E-state index is 0.0183. The van der Waals surface area contributed by atoms with Crippen molar-refractivity contribution >= 4 is 11.6 Å². The first kappa shape index (κ1) is 10.8. The zero-order valence-corrected chi connectivity index (χ0v) is 8.49. The smallest absolute Gasteiger partial charge is 0.310 e. The summed E-state index contributed by atoms with van der Waals surface area (Å²) in [6.07, 6.45) is -3.47. The summed E-state index contributed by atoms with van der Waals surface area (Å²) in [6.45, 7) is 0.846. The van der Waals surface area contributed by atoms with Gasteiger partial charge in [-0.3, -0.25) is 0 Å². The van der Waals surface area contributed by atoms with Crippen molar-refractivity contribution in [1.29, 1.82) is 0 Å². The fourth-order valence-corrected chi connectivity index (χ4v) is 1.79. The summed E-state index contributed by atoms with van der Waals surface area (Å²) in [5.41, 5.74) is -0.0697. The van der Waals surface area contributed by atoms with E-state index in [1.165, 1.54) is 0 Å². The van der Waals surface area contributed by atoms with Crippen molar-refractivity contribution < 1.29 is 13.2 Å². The molecule has 1 atom stereocenters. The summed E-state index contributed by atoms with van der Waals surface area (Å²) in [5, 5.41) is 3.17. The molecule has 0 radical (unpaired) electrons. The molecule has 15 heavy (non-hydrogen) atoms. The van der Waals surface area contributed by atoms with Gasteiger partial charge in [-0.15, -0.1) is 0 Å². The highest BCUT2D eigenvalue weighted by Gasteiger charge is 2.32. The van der Waals surface area contributed by atoms with Gasteiger partial charge in [0.15, 0.2) is 0 Å². The minimum atomic E-state index is -4.33. The van der Waals surface area contributed by atoms with Gasteiger partial charge in [0.2, 0.25) is 0 Å². The van der Waals surface area contributed by atoms with Crippen LogP contribution in [0.2, 0.25) is 5.02 Å². The molecule has 0 aromatic heterocycles. The molecule has 1 aliphatic rings. The lowest BCUT2D eigenvalue weighted by Gasteiger charge is -2.28. The van der Waals surface area contributed by atoms with Crippen molar-refractivity contribution in [2.45, 2.75) is 18.6 Å². The molecule has 0 bridgehead atoms. The second kappa shape index (κ2) is 3.68. The van der Waals surface area contributed by atoms with Crippen molar-refractivity contribution in [3.63, 3.8) is 0 Å². The average molecular weight is 236 g/mol. The van der Waals surface area contributed by atoms with Crippen LogP contribution in [0.25, 0.3) is 0 Å². The highest BCUT2D eigenvalue weighted by atomic mass is 35.5. The second-order valence-electron chi connectivity index (χ2n) is 3.57. The highest BCUT2D eigenvalue weighted by Crippen LogP contribution is 2.34. The van der Waals surface area contributed by atoms with E-state index in [9.17, 15) is 13.2 Å². The van der Waals surface area contributed by atoms with Crippen molar-refractivity contribution in [2.24, 2.45) is 0 Å². The third-order valence-corrected chi connectivity index (χ3v) is 2.69. The predicted octanol–water partition coefficient (Wildman–Crippen LogP) is 3.39. The van der Waals surface area contributed by atoms with Gasteiger partial charge in [-0.1, -0.05) is 11.6 Å². The van der Waals surface area contributed by atoms with Gasteiger partial charge in [0.1, 0.15) is 0 Å². The molecule has 1 heterocycles. The molecule has 0 saturated carbocycles. The van der Waals surface area contributed by atoms with E-state index in [4.69, 9.17) is 11.6 Å². The first-order chi connectivity index (χ1) is 6.97. The number of rotatable bonds is 1. The van der Waals surface area contributed by atoms with Crippen LogP contribution < -0.4 is 5.32 Å². The number of benzene rings is 1. The maximum absolute atomic E-state index is 12.5. The van der Waals surface area contributed by atoms with E-state index in [-0.39, 0.29) is 11.1 Å². The molecule has 0 unspecified atom stereocenters. The molecule has 2 rings (SSSR count). The fraction of sp³-hybridized carbons (Fsp3) is 0.400. The summed E-state index contributed by atoms with van der Waals surface area (Å²) in [6, 6.07) is 3.70. The van der Waals surface area contributed by atoms with Crippen LogP contribution in [-0.2, 0) is 6.18 Å². The molecule has 0 amide bonds. The molecule has 1 aliphatic heterocycles. The van der Waals surface area contributed by atoms with E-state index in [1.807, 2.05) is 0 Å². The summed E-state index contributed by atoms with van der Waals surface area (Å²) < 4.78 is 37.4. The number of nitrogens with one attached hydrogen (secondary N) is 1. The van der Waals surface area contributed by atoms with Crippen LogP contribution in [0.3, 0.4) is 0 Å². The second-order valence-corrected chi connectivity index (χ2v) is 4.00. The Labute approximate surface area is 90.2 Å². The monoisotopic (exact) mass is 235 g/mol. The zero-order chi connectivity index (χ0) is 11.1. The van der Waals surface area contributed by atoms with Gasteiger partial charge >= 0.3 is 6.18 Å². The summed E-state index contributed by atoms with van der Waals surface area (Å²) in [4.78, 5) is 0. The normalized spacial score (nSPS) is 21.2. The molecule has 1 saturated heterocycles. The molecule has 1 nitrogen and oxygen atoms in total. The lowest BCUT2D eigenvalue weighted by atomic mass is 9.96. The van der Waals surface area contributed by atoms with Crippen molar-refractivity contribution in [2.75, 3.05) is 6.54 Å². The number of halogens is 4. The largest absolute Gasteiger partial charge is 0.416 e. The zero-order valence-electron chi connectivity index (χ0n) is 7.74. The molecular formula is C10H9ClF3N.